The molecule has 0 aliphatic heterocycles. The normalized spacial score (nSPS) is 15.8. The van der Waals surface area contributed by atoms with Crippen LogP contribution >= 0.6 is 11.6 Å². The van der Waals surface area contributed by atoms with Crippen LogP contribution in [-0.4, -0.2) is 5.91 Å². The molecule has 2 N–H and O–H groups in total. The third kappa shape index (κ3) is 1.68. The summed E-state index contributed by atoms with van der Waals surface area (Å²) in [7, 11) is 0. The molecule has 68 valence electrons. The molecule has 0 atom stereocenters. The minimum Gasteiger partial charge on any atom is -0.366 e. The monoisotopic (exact) mass is 195 g/mol. The van der Waals surface area contributed by atoms with Gasteiger partial charge in [0.1, 0.15) is 0 Å². The molecular weight excluding hydrogens is 186 g/mol. The van der Waals surface area contributed by atoms with Gasteiger partial charge in [-0.3, -0.25) is 4.79 Å². The van der Waals surface area contributed by atoms with Crippen LogP contribution in [-0.2, 0) is 0 Å². The maximum Gasteiger partial charge on any atom is 0.248 e. The summed E-state index contributed by atoms with van der Waals surface area (Å²) in [6.45, 7) is 0. The second-order valence-electron chi connectivity index (χ2n) is 3.37. The first-order valence-electron chi connectivity index (χ1n) is 4.27. The zero-order chi connectivity index (χ0) is 9.42. The molecule has 0 aromatic heterocycles. The van der Waals surface area contributed by atoms with E-state index in [0.29, 0.717) is 16.5 Å². The highest BCUT2D eigenvalue weighted by Gasteiger charge is 2.25. The number of hydrogen-bond donors (Lipinski definition) is 1. The molecule has 1 amide bonds. The van der Waals surface area contributed by atoms with Crippen molar-refractivity contribution in [3.63, 3.8) is 0 Å². The first-order chi connectivity index (χ1) is 6.18. The fourth-order valence-corrected chi connectivity index (χ4v) is 1.74. The molecule has 1 fully saturated rings. The molecule has 1 aliphatic rings. The summed E-state index contributed by atoms with van der Waals surface area (Å²) in [6, 6.07) is 5.29. The van der Waals surface area contributed by atoms with Crippen molar-refractivity contribution >= 4 is 17.5 Å². The van der Waals surface area contributed by atoms with E-state index in [1.165, 1.54) is 12.8 Å². The Morgan fingerprint density at radius 2 is 2.15 bits per heavy atom. The molecular formula is C10H10ClNO. The maximum atomic E-state index is 10.8. The van der Waals surface area contributed by atoms with Crippen LogP contribution in [0, 0.1) is 0 Å². The third-order valence-electron chi connectivity index (χ3n) is 2.30. The molecule has 1 aliphatic carbocycles. The number of carbonyl (C=O) groups excluding carboxylic acids is 1. The fraction of sp³-hybridized carbons (Fsp3) is 0.300. The average molecular weight is 196 g/mol. The lowest BCUT2D eigenvalue weighted by Crippen LogP contribution is -2.10. The van der Waals surface area contributed by atoms with Crippen molar-refractivity contribution in [2.75, 3.05) is 0 Å². The maximum absolute atomic E-state index is 10.8. The molecule has 0 saturated heterocycles. The van der Waals surface area contributed by atoms with Crippen LogP contribution in [0.25, 0.3) is 0 Å². The summed E-state index contributed by atoms with van der Waals surface area (Å²) in [5.74, 6) is 0.179. The van der Waals surface area contributed by atoms with E-state index in [0.717, 1.165) is 5.56 Å². The van der Waals surface area contributed by atoms with E-state index in [2.05, 4.69) is 0 Å². The van der Waals surface area contributed by atoms with E-state index in [1.807, 2.05) is 6.07 Å². The molecule has 0 radical (unpaired) electrons. The van der Waals surface area contributed by atoms with Crippen molar-refractivity contribution in [2.45, 2.75) is 18.8 Å². The van der Waals surface area contributed by atoms with Crippen molar-refractivity contribution in [1.29, 1.82) is 0 Å². The molecule has 2 nitrogen and oxygen atoms in total. The molecule has 0 heterocycles. The molecule has 2 rings (SSSR count). The fourth-order valence-electron chi connectivity index (χ4n) is 1.41. The number of halogens is 1. The quantitative estimate of drug-likeness (QED) is 0.773. The molecule has 0 spiro atoms. The summed E-state index contributed by atoms with van der Waals surface area (Å²) in [4.78, 5) is 10.8. The van der Waals surface area contributed by atoms with Gasteiger partial charge in [-0.1, -0.05) is 17.7 Å². The number of amides is 1. The largest absolute Gasteiger partial charge is 0.366 e. The zero-order valence-corrected chi connectivity index (χ0v) is 7.84. The molecule has 0 bridgehead atoms. The number of nitrogens with two attached hydrogens (primary N) is 1. The van der Waals surface area contributed by atoms with E-state index in [9.17, 15) is 4.79 Å². The van der Waals surface area contributed by atoms with Crippen LogP contribution < -0.4 is 5.73 Å². The van der Waals surface area contributed by atoms with E-state index in [1.54, 1.807) is 12.1 Å². The van der Waals surface area contributed by atoms with Gasteiger partial charge < -0.3 is 5.73 Å². The van der Waals surface area contributed by atoms with Gasteiger partial charge >= 0.3 is 0 Å². The van der Waals surface area contributed by atoms with Crippen LogP contribution in [0.2, 0.25) is 5.02 Å². The molecule has 3 heteroatoms. The summed E-state index contributed by atoms with van der Waals surface area (Å²) in [5.41, 5.74) is 6.75. The Morgan fingerprint density at radius 3 is 2.62 bits per heavy atom. The van der Waals surface area contributed by atoms with Gasteiger partial charge in [-0.25, -0.2) is 0 Å². The van der Waals surface area contributed by atoms with E-state index in [4.69, 9.17) is 17.3 Å². The van der Waals surface area contributed by atoms with Crippen molar-refractivity contribution in [1.82, 2.24) is 0 Å². The average Bonchev–Trinajstić information content (AvgIpc) is 2.87. The van der Waals surface area contributed by atoms with Gasteiger partial charge in [0.05, 0.1) is 0 Å². The Labute approximate surface area is 81.7 Å². The Balaban J connectivity index is 2.36. The van der Waals surface area contributed by atoms with Gasteiger partial charge in [-0.05, 0) is 36.5 Å². The third-order valence-corrected chi connectivity index (χ3v) is 2.63. The van der Waals surface area contributed by atoms with Crippen molar-refractivity contribution in [3.05, 3.63) is 34.3 Å². The minimum atomic E-state index is -0.427. The van der Waals surface area contributed by atoms with Crippen LogP contribution in [0.4, 0.5) is 0 Å². The van der Waals surface area contributed by atoms with Gasteiger partial charge in [-0.15, -0.1) is 0 Å². The van der Waals surface area contributed by atoms with Gasteiger partial charge in [0.25, 0.3) is 0 Å². The SMILES string of the molecule is NC(=O)c1ccc(C2CC2)c(Cl)c1. The Kier molecular flexibility index (Phi) is 2.00. The lowest BCUT2D eigenvalue weighted by atomic mass is 10.1. The molecule has 1 saturated carbocycles. The van der Waals surface area contributed by atoms with E-state index < -0.39 is 5.91 Å². The van der Waals surface area contributed by atoms with Crippen molar-refractivity contribution in [3.8, 4) is 0 Å². The van der Waals surface area contributed by atoms with Crippen molar-refractivity contribution in [2.24, 2.45) is 5.73 Å². The number of hydrogen-bond acceptors (Lipinski definition) is 1. The minimum absolute atomic E-state index is 0.427. The van der Waals surface area contributed by atoms with E-state index >= 15 is 0 Å². The summed E-state index contributed by atoms with van der Waals surface area (Å²) in [6.07, 6.45) is 2.41. The van der Waals surface area contributed by atoms with Crippen LogP contribution in [0.1, 0.15) is 34.7 Å². The first-order valence-corrected chi connectivity index (χ1v) is 4.65. The second-order valence-corrected chi connectivity index (χ2v) is 3.78. The smallest absolute Gasteiger partial charge is 0.248 e. The Hall–Kier alpha value is -1.02. The van der Waals surface area contributed by atoms with Crippen molar-refractivity contribution < 1.29 is 4.79 Å². The van der Waals surface area contributed by atoms with Gasteiger partial charge in [0, 0.05) is 10.6 Å². The first kappa shape index (κ1) is 8.57. The standard InChI is InChI=1S/C10H10ClNO/c11-9-5-7(10(12)13)3-4-8(9)6-1-2-6/h3-6H,1-2H2,(H2,12,13). The van der Waals surface area contributed by atoms with Gasteiger partial charge in [-0.2, -0.15) is 0 Å². The molecule has 13 heavy (non-hydrogen) atoms. The summed E-state index contributed by atoms with van der Waals surface area (Å²) < 4.78 is 0. The number of primary amides is 1. The van der Waals surface area contributed by atoms with Gasteiger partial charge in [0.2, 0.25) is 5.91 Å². The lowest BCUT2D eigenvalue weighted by molar-refractivity contribution is 0.100. The number of benzene rings is 1. The summed E-state index contributed by atoms with van der Waals surface area (Å²) >= 11 is 6.00. The van der Waals surface area contributed by atoms with E-state index in [-0.39, 0.29) is 0 Å². The highest BCUT2D eigenvalue weighted by molar-refractivity contribution is 6.31. The molecule has 0 unspecified atom stereocenters. The topological polar surface area (TPSA) is 43.1 Å². The second kappa shape index (κ2) is 3.04. The molecule has 1 aromatic rings. The zero-order valence-electron chi connectivity index (χ0n) is 7.09. The van der Waals surface area contributed by atoms with Crippen LogP contribution in [0.3, 0.4) is 0 Å². The van der Waals surface area contributed by atoms with Gasteiger partial charge in [0.15, 0.2) is 0 Å². The van der Waals surface area contributed by atoms with Crippen LogP contribution in [0.15, 0.2) is 18.2 Å². The predicted molar refractivity (Wildman–Crippen MR) is 51.9 cm³/mol. The van der Waals surface area contributed by atoms with Crippen LogP contribution in [0.5, 0.6) is 0 Å². The summed E-state index contributed by atoms with van der Waals surface area (Å²) in [5, 5.41) is 0.666. The predicted octanol–water partition coefficient (Wildman–Crippen LogP) is 2.32. The Bertz CT molecular complexity index is 358. The Morgan fingerprint density at radius 1 is 1.46 bits per heavy atom. The molecule has 1 aromatic carbocycles. The number of rotatable bonds is 2. The highest BCUT2D eigenvalue weighted by atomic mass is 35.5. The highest BCUT2D eigenvalue weighted by Crippen LogP contribution is 2.43. The lowest BCUT2D eigenvalue weighted by Gasteiger charge is -2.02. The number of carbonyl (C=O) groups is 1.